The van der Waals surface area contributed by atoms with E-state index in [1.807, 2.05) is 30.3 Å². The molecule has 0 saturated carbocycles. The van der Waals surface area contributed by atoms with Crippen LogP contribution in [0.3, 0.4) is 0 Å². The molecular weight excluding hydrogens is 334 g/mol. The Labute approximate surface area is 149 Å². The standard InChI is InChI=1S/C20H15NO5/c1-14-13-16(21(23)24)9-12-19(14)26-20(22)15-7-10-18(11-8-15)25-17-5-3-2-4-6-17/h2-13H,1H3. The first-order chi connectivity index (χ1) is 12.5. The first-order valence-electron chi connectivity index (χ1n) is 7.83. The smallest absolute Gasteiger partial charge is 0.343 e. The molecule has 0 heterocycles. The van der Waals surface area contributed by atoms with Crippen LogP contribution in [-0.4, -0.2) is 10.9 Å². The molecular formula is C20H15NO5. The van der Waals surface area contributed by atoms with Crippen molar-refractivity contribution in [3.05, 3.63) is 94.0 Å². The summed E-state index contributed by atoms with van der Waals surface area (Å²) < 4.78 is 11.0. The molecule has 0 atom stereocenters. The van der Waals surface area contributed by atoms with Gasteiger partial charge < -0.3 is 9.47 Å². The van der Waals surface area contributed by atoms with E-state index in [4.69, 9.17) is 9.47 Å². The topological polar surface area (TPSA) is 78.7 Å². The maximum Gasteiger partial charge on any atom is 0.343 e. The number of nitro benzene ring substituents is 1. The molecule has 0 aliphatic heterocycles. The van der Waals surface area contributed by atoms with Crippen molar-refractivity contribution in [1.29, 1.82) is 0 Å². The highest BCUT2D eigenvalue weighted by Crippen LogP contribution is 2.25. The second-order valence-electron chi connectivity index (χ2n) is 5.54. The SMILES string of the molecule is Cc1cc([N+](=O)[O-])ccc1OC(=O)c1ccc(Oc2ccccc2)cc1. The van der Waals surface area contributed by atoms with E-state index in [1.165, 1.54) is 18.2 Å². The Morgan fingerprint density at radius 2 is 1.58 bits per heavy atom. The lowest BCUT2D eigenvalue weighted by atomic mass is 10.2. The summed E-state index contributed by atoms with van der Waals surface area (Å²) in [6.07, 6.45) is 0. The third-order valence-corrected chi connectivity index (χ3v) is 3.64. The fraction of sp³-hybridized carbons (Fsp3) is 0.0500. The lowest BCUT2D eigenvalue weighted by Gasteiger charge is -2.08. The summed E-state index contributed by atoms with van der Waals surface area (Å²) in [6, 6.07) is 19.9. The van der Waals surface area contributed by atoms with Gasteiger partial charge >= 0.3 is 5.97 Å². The highest BCUT2D eigenvalue weighted by Gasteiger charge is 2.13. The zero-order valence-electron chi connectivity index (χ0n) is 13.9. The second-order valence-corrected chi connectivity index (χ2v) is 5.54. The molecule has 3 aromatic carbocycles. The van der Waals surface area contributed by atoms with Crippen LogP contribution in [0.15, 0.2) is 72.8 Å². The molecule has 0 spiro atoms. The van der Waals surface area contributed by atoms with Gasteiger partial charge in [-0.2, -0.15) is 0 Å². The zero-order chi connectivity index (χ0) is 18.5. The number of rotatable bonds is 5. The third kappa shape index (κ3) is 4.05. The zero-order valence-corrected chi connectivity index (χ0v) is 13.9. The number of nitrogens with zero attached hydrogens (tertiary/aromatic N) is 1. The summed E-state index contributed by atoms with van der Waals surface area (Å²) in [5, 5.41) is 10.8. The van der Waals surface area contributed by atoms with Gasteiger partial charge in [0.25, 0.3) is 5.69 Å². The van der Waals surface area contributed by atoms with Crippen LogP contribution in [0.5, 0.6) is 17.2 Å². The molecule has 26 heavy (non-hydrogen) atoms. The molecule has 0 bridgehead atoms. The van der Waals surface area contributed by atoms with E-state index in [2.05, 4.69) is 0 Å². The van der Waals surface area contributed by atoms with Crippen LogP contribution < -0.4 is 9.47 Å². The van der Waals surface area contributed by atoms with Crippen molar-refractivity contribution >= 4 is 11.7 Å². The predicted molar refractivity (Wildman–Crippen MR) is 95.7 cm³/mol. The van der Waals surface area contributed by atoms with Crippen molar-refractivity contribution in [1.82, 2.24) is 0 Å². The minimum absolute atomic E-state index is 0.0512. The van der Waals surface area contributed by atoms with Gasteiger partial charge in [-0.25, -0.2) is 4.79 Å². The van der Waals surface area contributed by atoms with Gasteiger partial charge in [0.2, 0.25) is 0 Å². The summed E-state index contributed by atoms with van der Waals surface area (Å²) in [5.41, 5.74) is 0.810. The number of hydrogen-bond acceptors (Lipinski definition) is 5. The Morgan fingerprint density at radius 3 is 2.19 bits per heavy atom. The van der Waals surface area contributed by atoms with E-state index in [9.17, 15) is 14.9 Å². The Morgan fingerprint density at radius 1 is 0.923 bits per heavy atom. The molecule has 6 heteroatoms. The number of aryl methyl sites for hydroxylation is 1. The number of para-hydroxylation sites is 1. The molecule has 0 aliphatic rings. The number of nitro groups is 1. The summed E-state index contributed by atoms with van der Waals surface area (Å²) in [4.78, 5) is 22.5. The molecule has 130 valence electrons. The summed E-state index contributed by atoms with van der Waals surface area (Å²) in [5.74, 6) is 1.03. The van der Waals surface area contributed by atoms with Gasteiger partial charge in [0, 0.05) is 12.1 Å². The maximum atomic E-state index is 12.3. The molecule has 0 unspecified atom stereocenters. The Bertz CT molecular complexity index is 936. The lowest BCUT2D eigenvalue weighted by Crippen LogP contribution is -2.09. The van der Waals surface area contributed by atoms with Crippen molar-refractivity contribution in [3.63, 3.8) is 0 Å². The molecule has 6 nitrogen and oxygen atoms in total. The van der Waals surface area contributed by atoms with Crippen LogP contribution in [0.1, 0.15) is 15.9 Å². The van der Waals surface area contributed by atoms with Gasteiger partial charge in [-0.15, -0.1) is 0 Å². The van der Waals surface area contributed by atoms with E-state index in [0.717, 1.165) is 0 Å². The van der Waals surface area contributed by atoms with Crippen LogP contribution in [0.4, 0.5) is 5.69 Å². The molecule has 0 aromatic heterocycles. The number of ether oxygens (including phenoxy) is 2. The van der Waals surface area contributed by atoms with Gasteiger partial charge in [0.15, 0.2) is 0 Å². The minimum atomic E-state index is -0.548. The number of carbonyl (C=O) groups excluding carboxylic acids is 1. The first kappa shape index (κ1) is 17.2. The first-order valence-corrected chi connectivity index (χ1v) is 7.83. The summed E-state index contributed by atoms with van der Waals surface area (Å²) >= 11 is 0. The average molecular weight is 349 g/mol. The fourth-order valence-electron chi connectivity index (χ4n) is 2.30. The Hall–Kier alpha value is -3.67. The minimum Gasteiger partial charge on any atom is -0.457 e. The van der Waals surface area contributed by atoms with Gasteiger partial charge in [-0.05, 0) is 55.0 Å². The fourth-order valence-corrected chi connectivity index (χ4v) is 2.30. The van der Waals surface area contributed by atoms with Gasteiger partial charge in [0.05, 0.1) is 10.5 Å². The van der Waals surface area contributed by atoms with Crippen LogP contribution >= 0.6 is 0 Å². The normalized spacial score (nSPS) is 10.2. The van der Waals surface area contributed by atoms with Crippen LogP contribution in [0.25, 0.3) is 0 Å². The van der Waals surface area contributed by atoms with Crippen molar-refractivity contribution in [3.8, 4) is 17.2 Å². The summed E-state index contributed by atoms with van der Waals surface area (Å²) in [7, 11) is 0. The molecule has 0 fully saturated rings. The highest BCUT2D eigenvalue weighted by molar-refractivity contribution is 5.91. The predicted octanol–water partition coefficient (Wildman–Crippen LogP) is 4.91. The highest BCUT2D eigenvalue weighted by atomic mass is 16.6. The molecule has 0 saturated heterocycles. The van der Waals surface area contributed by atoms with Gasteiger partial charge in [-0.3, -0.25) is 10.1 Å². The lowest BCUT2D eigenvalue weighted by molar-refractivity contribution is -0.384. The number of benzene rings is 3. The van der Waals surface area contributed by atoms with E-state index >= 15 is 0 Å². The van der Waals surface area contributed by atoms with Gasteiger partial charge in [-0.1, -0.05) is 18.2 Å². The number of esters is 1. The van der Waals surface area contributed by atoms with Crippen molar-refractivity contribution in [2.45, 2.75) is 6.92 Å². The number of non-ortho nitro benzene ring substituents is 1. The second kappa shape index (κ2) is 7.48. The molecule has 3 rings (SSSR count). The molecule has 0 aliphatic carbocycles. The monoisotopic (exact) mass is 349 g/mol. The van der Waals surface area contributed by atoms with Crippen LogP contribution in [0.2, 0.25) is 0 Å². The quantitative estimate of drug-likeness (QED) is 0.283. The Balaban J connectivity index is 1.69. The number of carbonyl (C=O) groups is 1. The summed E-state index contributed by atoms with van der Waals surface area (Å²) in [6.45, 7) is 1.65. The third-order valence-electron chi connectivity index (χ3n) is 3.64. The van der Waals surface area contributed by atoms with Crippen LogP contribution in [-0.2, 0) is 0 Å². The maximum absolute atomic E-state index is 12.3. The van der Waals surface area contributed by atoms with E-state index < -0.39 is 10.9 Å². The average Bonchev–Trinajstić information content (AvgIpc) is 2.64. The molecule has 0 radical (unpaired) electrons. The van der Waals surface area contributed by atoms with Crippen molar-refractivity contribution in [2.24, 2.45) is 0 Å². The van der Waals surface area contributed by atoms with E-state index in [0.29, 0.717) is 22.6 Å². The van der Waals surface area contributed by atoms with Crippen LogP contribution in [0, 0.1) is 17.0 Å². The van der Waals surface area contributed by atoms with E-state index in [-0.39, 0.29) is 11.4 Å². The molecule has 0 N–H and O–H groups in total. The van der Waals surface area contributed by atoms with Crippen molar-refractivity contribution in [2.75, 3.05) is 0 Å². The largest absolute Gasteiger partial charge is 0.457 e. The molecule has 0 amide bonds. The molecule has 3 aromatic rings. The van der Waals surface area contributed by atoms with Crippen molar-refractivity contribution < 1.29 is 19.2 Å². The Kier molecular flexibility index (Phi) is 4.94. The number of hydrogen-bond donors (Lipinski definition) is 0. The van der Waals surface area contributed by atoms with E-state index in [1.54, 1.807) is 31.2 Å². The van der Waals surface area contributed by atoms with Gasteiger partial charge in [0.1, 0.15) is 17.2 Å².